The van der Waals surface area contributed by atoms with Crippen LogP contribution < -0.4 is 5.73 Å². The molecule has 2 fully saturated rings. The highest BCUT2D eigenvalue weighted by atomic mass is 16.7. The maximum absolute atomic E-state index is 10.0. The molecule has 0 aromatic carbocycles. The number of ether oxygens (including phenoxy) is 4. The van der Waals surface area contributed by atoms with E-state index in [0.29, 0.717) is 13.2 Å². The number of nitrogens with two attached hydrogens (primary N) is 1. The highest BCUT2D eigenvalue weighted by Gasteiger charge is 2.46. The predicted octanol–water partition coefficient (Wildman–Crippen LogP) is -2.97. The molecule has 0 spiro atoms. The Morgan fingerprint density at radius 1 is 0.760 bits per heavy atom. The van der Waals surface area contributed by atoms with Crippen molar-refractivity contribution < 1.29 is 44.5 Å². The first-order valence-corrected chi connectivity index (χ1v) is 8.57. The third kappa shape index (κ3) is 5.30. The Morgan fingerprint density at radius 3 is 1.96 bits per heavy atom. The third-order valence-corrected chi connectivity index (χ3v) is 4.37. The molecule has 0 amide bonds. The molecule has 8 atom stereocenters. The lowest BCUT2D eigenvalue weighted by molar-refractivity contribution is -0.206. The SMILES string of the molecule is NCCCCCO[C@H]1O[C@H](CO[C@H]2O[C@H](CO)[C@@H](O)[C@@H]2O)[C@@H](O)[C@@H]1O. The van der Waals surface area contributed by atoms with Crippen molar-refractivity contribution in [3.8, 4) is 0 Å². The molecule has 10 heteroatoms. The molecule has 2 aliphatic rings. The van der Waals surface area contributed by atoms with Crippen LogP contribution in [0.25, 0.3) is 0 Å². The smallest absolute Gasteiger partial charge is 0.186 e. The minimum Gasteiger partial charge on any atom is -0.394 e. The number of unbranched alkanes of at least 4 members (excludes halogenated alkanes) is 2. The summed E-state index contributed by atoms with van der Waals surface area (Å²) in [6, 6.07) is 0. The van der Waals surface area contributed by atoms with Gasteiger partial charge >= 0.3 is 0 Å². The Bertz CT molecular complexity index is 388. The van der Waals surface area contributed by atoms with Crippen molar-refractivity contribution in [3.63, 3.8) is 0 Å². The van der Waals surface area contributed by atoms with E-state index in [4.69, 9.17) is 29.8 Å². The average Bonchev–Trinajstić information content (AvgIpc) is 3.04. The van der Waals surface area contributed by atoms with E-state index < -0.39 is 55.8 Å². The second kappa shape index (κ2) is 10.1. The van der Waals surface area contributed by atoms with Gasteiger partial charge in [-0.2, -0.15) is 0 Å². The quantitative estimate of drug-likeness (QED) is 0.220. The number of hydrogen-bond donors (Lipinski definition) is 6. The van der Waals surface area contributed by atoms with E-state index >= 15 is 0 Å². The van der Waals surface area contributed by atoms with Crippen molar-refractivity contribution in [2.75, 3.05) is 26.4 Å². The Kier molecular flexibility index (Phi) is 8.42. The monoisotopic (exact) mass is 367 g/mol. The predicted molar refractivity (Wildman–Crippen MR) is 83.2 cm³/mol. The summed E-state index contributed by atoms with van der Waals surface area (Å²) < 4.78 is 21.4. The van der Waals surface area contributed by atoms with Crippen molar-refractivity contribution in [1.29, 1.82) is 0 Å². The molecule has 0 aromatic rings. The van der Waals surface area contributed by atoms with E-state index in [2.05, 4.69) is 0 Å². The number of aliphatic hydroxyl groups excluding tert-OH is 5. The van der Waals surface area contributed by atoms with Crippen LogP contribution in [0.15, 0.2) is 0 Å². The molecular weight excluding hydrogens is 338 g/mol. The fourth-order valence-electron chi connectivity index (χ4n) is 2.81. The van der Waals surface area contributed by atoms with Gasteiger partial charge in [-0.25, -0.2) is 0 Å². The zero-order chi connectivity index (χ0) is 18.4. The third-order valence-electron chi connectivity index (χ3n) is 4.37. The molecule has 25 heavy (non-hydrogen) atoms. The fraction of sp³-hybridized carbons (Fsp3) is 1.00. The summed E-state index contributed by atoms with van der Waals surface area (Å²) >= 11 is 0. The molecule has 0 radical (unpaired) electrons. The summed E-state index contributed by atoms with van der Waals surface area (Å²) in [6.07, 6.45) is -6.39. The van der Waals surface area contributed by atoms with E-state index in [1.165, 1.54) is 0 Å². The van der Waals surface area contributed by atoms with Gasteiger partial charge in [0.1, 0.15) is 36.6 Å². The lowest BCUT2D eigenvalue weighted by Crippen LogP contribution is -2.38. The summed E-state index contributed by atoms with van der Waals surface area (Å²) in [5.41, 5.74) is 5.40. The average molecular weight is 367 g/mol. The van der Waals surface area contributed by atoms with Gasteiger partial charge < -0.3 is 50.2 Å². The number of aliphatic hydroxyl groups is 5. The van der Waals surface area contributed by atoms with Crippen molar-refractivity contribution in [2.45, 2.75) is 68.5 Å². The van der Waals surface area contributed by atoms with Gasteiger partial charge in [-0.15, -0.1) is 0 Å². The molecule has 7 N–H and O–H groups in total. The van der Waals surface area contributed by atoms with E-state index in [0.717, 1.165) is 19.3 Å². The largest absolute Gasteiger partial charge is 0.394 e. The molecule has 0 aromatic heterocycles. The first-order chi connectivity index (χ1) is 12.0. The normalized spacial score (nSPS) is 41.5. The molecule has 0 aliphatic carbocycles. The topological polar surface area (TPSA) is 164 Å². The van der Waals surface area contributed by atoms with Crippen LogP contribution in [-0.4, -0.2) is 101 Å². The molecule has 2 rings (SSSR count). The second-order valence-electron chi connectivity index (χ2n) is 6.28. The summed E-state index contributed by atoms with van der Waals surface area (Å²) in [6.45, 7) is 0.343. The number of hydrogen-bond acceptors (Lipinski definition) is 10. The van der Waals surface area contributed by atoms with Crippen molar-refractivity contribution >= 4 is 0 Å². The van der Waals surface area contributed by atoms with Crippen LogP contribution in [0.2, 0.25) is 0 Å². The zero-order valence-corrected chi connectivity index (χ0v) is 14.0. The lowest BCUT2D eigenvalue weighted by Gasteiger charge is -2.20. The van der Waals surface area contributed by atoms with Gasteiger partial charge in [0.15, 0.2) is 12.6 Å². The molecule has 0 bridgehead atoms. The van der Waals surface area contributed by atoms with Gasteiger partial charge in [0.05, 0.1) is 13.2 Å². The lowest BCUT2D eigenvalue weighted by atomic mass is 10.1. The van der Waals surface area contributed by atoms with Crippen LogP contribution in [0.3, 0.4) is 0 Å². The minimum absolute atomic E-state index is 0.183. The number of rotatable bonds is 10. The second-order valence-corrected chi connectivity index (χ2v) is 6.28. The first-order valence-electron chi connectivity index (χ1n) is 8.57. The van der Waals surface area contributed by atoms with E-state index in [1.807, 2.05) is 0 Å². The zero-order valence-electron chi connectivity index (χ0n) is 14.0. The molecule has 0 unspecified atom stereocenters. The maximum atomic E-state index is 10.0. The van der Waals surface area contributed by atoms with Gasteiger partial charge in [0.2, 0.25) is 0 Å². The van der Waals surface area contributed by atoms with Crippen LogP contribution >= 0.6 is 0 Å². The maximum Gasteiger partial charge on any atom is 0.186 e. The molecule has 2 heterocycles. The van der Waals surface area contributed by atoms with Crippen molar-refractivity contribution in [3.05, 3.63) is 0 Å². The Morgan fingerprint density at radius 2 is 1.36 bits per heavy atom. The minimum atomic E-state index is -1.32. The van der Waals surface area contributed by atoms with Gasteiger partial charge in [0.25, 0.3) is 0 Å². The standard InChI is InChI=1S/C15H29NO9/c16-4-2-1-3-5-22-14-13(21)11(19)9(25-14)7-23-15-12(20)10(18)8(6-17)24-15/h8-15,17-21H,1-7,16H2/t8-,9-,10-,11-,12+,13+,14+,15+/m1/s1. The summed E-state index contributed by atoms with van der Waals surface area (Å²) in [5.74, 6) is 0. The van der Waals surface area contributed by atoms with Crippen LogP contribution in [0.1, 0.15) is 19.3 Å². The molecule has 148 valence electrons. The Balaban J connectivity index is 1.73. The van der Waals surface area contributed by atoms with E-state index in [9.17, 15) is 20.4 Å². The van der Waals surface area contributed by atoms with Crippen LogP contribution in [0.5, 0.6) is 0 Å². The highest BCUT2D eigenvalue weighted by Crippen LogP contribution is 2.26. The van der Waals surface area contributed by atoms with E-state index in [-0.39, 0.29) is 6.61 Å². The Hall–Kier alpha value is -0.400. The molecular formula is C15H29NO9. The first kappa shape index (κ1) is 20.9. The summed E-state index contributed by atoms with van der Waals surface area (Å²) in [5, 5.41) is 48.5. The van der Waals surface area contributed by atoms with E-state index in [1.54, 1.807) is 0 Å². The van der Waals surface area contributed by atoms with Gasteiger partial charge in [-0.3, -0.25) is 0 Å². The molecule has 2 saturated heterocycles. The highest BCUT2D eigenvalue weighted by molar-refractivity contribution is 4.89. The van der Waals surface area contributed by atoms with Gasteiger partial charge in [0, 0.05) is 6.61 Å². The van der Waals surface area contributed by atoms with Crippen LogP contribution in [-0.2, 0) is 18.9 Å². The molecule has 0 saturated carbocycles. The molecule has 2 aliphatic heterocycles. The van der Waals surface area contributed by atoms with Crippen molar-refractivity contribution in [1.82, 2.24) is 0 Å². The molecule has 10 nitrogen and oxygen atoms in total. The van der Waals surface area contributed by atoms with Crippen molar-refractivity contribution in [2.24, 2.45) is 5.73 Å². The van der Waals surface area contributed by atoms with Crippen LogP contribution in [0, 0.1) is 0 Å². The van der Waals surface area contributed by atoms with Gasteiger partial charge in [-0.05, 0) is 25.8 Å². The Labute approximate surface area is 146 Å². The van der Waals surface area contributed by atoms with Crippen LogP contribution in [0.4, 0.5) is 0 Å². The van der Waals surface area contributed by atoms with Gasteiger partial charge in [-0.1, -0.05) is 0 Å². The summed E-state index contributed by atoms with van der Waals surface area (Å²) in [4.78, 5) is 0. The summed E-state index contributed by atoms with van der Waals surface area (Å²) in [7, 11) is 0. The fourth-order valence-corrected chi connectivity index (χ4v) is 2.81.